The molecule has 0 aliphatic carbocycles. The number of halogens is 1. The largest absolute Gasteiger partial charge is 0.378 e. The van der Waals surface area contributed by atoms with Gasteiger partial charge in [-0.1, -0.05) is 30.3 Å². The molecule has 7 heteroatoms. The van der Waals surface area contributed by atoms with E-state index in [2.05, 4.69) is 9.62 Å². The molecule has 1 aliphatic rings. The summed E-state index contributed by atoms with van der Waals surface area (Å²) in [5, 5.41) is 0. The summed E-state index contributed by atoms with van der Waals surface area (Å²) in [5.41, 5.74) is 1.77. The van der Waals surface area contributed by atoms with E-state index < -0.39 is 10.0 Å². The maximum Gasteiger partial charge on any atom is 0.233 e. The van der Waals surface area contributed by atoms with Crippen molar-refractivity contribution in [3.63, 3.8) is 0 Å². The van der Waals surface area contributed by atoms with E-state index in [0.717, 1.165) is 5.69 Å². The summed E-state index contributed by atoms with van der Waals surface area (Å²) >= 11 is 0. The Labute approximate surface area is 147 Å². The minimum atomic E-state index is -3.59. The normalized spacial score (nSPS) is 15.2. The van der Waals surface area contributed by atoms with Gasteiger partial charge in [-0.25, -0.2) is 12.8 Å². The molecule has 0 unspecified atom stereocenters. The SMILES string of the molecule is O=S(=O)(CCc1ccccc1F)Nc1ccccc1N1CCOCC1. The first kappa shape index (κ1) is 17.7. The third-order valence-electron chi connectivity index (χ3n) is 4.12. The zero-order valence-corrected chi connectivity index (χ0v) is 14.6. The predicted molar refractivity (Wildman–Crippen MR) is 97.0 cm³/mol. The van der Waals surface area contributed by atoms with Crippen molar-refractivity contribution in [2.24, 2.45) is 0 Å². The quantitative estimate of drug-likeness (QED) is 0.856. The predicted octanol–water partition coefficient (Wildman–Crippen LogP) is 2.65. The van der Waals surface area contributed by atoms with E-state index in [0.29, 0.717) is 37.6 Å². The van der Waals surface area contributed by atoms with Gasteiger partial charge < -0.3 is 9.64 Å². The zero-order valence-electron chi connectivity index (χ0n) is 13.8. The van der Waals surface area contributed by atoms with Gasteiger partial charge in [0.1, 0.15) is 5.82 Å². The second kappa shape index (κ2) is 7.84. The molecule has 0 radical (unpaired) electrons. The summed E-state index contributed by atoms with van der Waals surface area (Å²) in [6, 6.07) is 13.5. The monoisotopic (exact) mass is 364 g/mol. The number of rotatable bonds is 6. The second-order valence-electron chi connectivity index (χ2n) is 5.88. The Bertz CT molecular complexity index is 821. The third kappa shape index (κ3) is 4.70. The van der Waals surface area contributed by atoms with Crippen LogP contribution in [-0.4, -0.2) is 40.5 Å². The zero-order chi connectivity index (χ0) is 17.7. The highest BCUT2D eigenvalue weighted by molar-refractivity contribution is 7.92. The minimum Gasteiger partial charge on any atom is -0.378 e. The lowest BCUT2D eigenvalue weighted by molar-refractivity contribution is 0.123. The Balaban J connectivity index is 1.71. The van der Waals surface area contributed by atoms with E-state index in [4.69, 9.17) is 4.74 Å². The lowest BCUT2D eigenvalue weighted by Crippen LogP contribution is -2.36. The molecule has 0 saturated carbocycles. The highest BCUT2D eigenvalue weighted by Gasteiger charge is 2.18. The van der Waals surface area contributed by atoms with Gasteiger partial charge in [-0.15, -0.1) is 0 Å². The van der Waals surface area contributed by atoms with E-state index in [9.17, 15) is 12.8 Å². The summed E-state index contributed by atoms with van der Waals surface area (Å²) in [5.74, 6) is -0.558. The minimum absolute atomic E-state index is 0.127. The van der Waals surface area contributed by atoms with Gasteiger partial charge in [0.2, 0.25) is 10.0 Å². The van der Waals surface area contributed by atoms with Crippen LogP contribution in [0.2, 0.25) is 0 Å². The fourth-order valence-electron chi connectivity index (χ4n) is 2.80. The van der Waals surface area contributed by atoms with Crippen LogP contribution in [0.3, 0.4) is 0 Å². The Morgan fingerprint density at radius 3 is 2.48 bits per heavy atom. The first-order valence-corrected chi connectivity index (χ1v) is 9.86. The van der Waals surface area contributed by atoms with Crippen molar-refractivity contribution in [2.45, 2.75) is 6.42 Å². The van der Waals surface area contributed by atoms with E-state index in [1.165, 1.54) is 6.07 Å². The molecule has 0 atom stereocenters. The molecular weight excluding hydrogens is 343 g/mol. The highest BCUT2D eigenvalue weighted by atomic mass is 32.2. The summed E-state index contributed by atoms with van der Waals surface area (Å²) in [6.45, 7) is 2.67. The molecule has 1 aliphatic heterocycles. The summed E-state index contributed by atoms with van der Waals surface area (Å²) in [4.78, 5) is 2.10. The average Bonchev–Trinajstić information content (AvgIpc) is 2.62. The van der Waals surface area contributed by atoms with Gasteiger partial charge in [0, 0.05) is 13.1 Å². The van der Waals surface area contributed by atoms with Gasteiger partial charge in [0.15, 0.2) is 0 Å². The maximum atomic E-state index is 13.7. The molecule has 25 heavy (non-hydrogen) atoms. The van der Waals surface area contributed by atoms with Crippen LogP contribution in [0.15, 0.2) is 48.5 Å². The van der Waals surface area contributed by atoms with Crippen LogP contribution in [0.25, 0.3) is 0 Å². The van der Waals surface area contributed by atoms with Crippen LogP contribution in [-0.2, 0) is 21.2 Å². The number of anilines is 2. The third-order valence-corrected chi connectivity index (χ3v) is 5.39. The van der Waals surface area contributed by atoms with Crippen molar-refractivity contribution >= 4 is 21.4 Å². The van der Waals surface area contributed by atoms with Crippen LogP contribution in [0, 0.1) is 5.82 Å². The number of ether oxygens (including phenoxy) is 1. The number of hydrogen-bond acceptors (Lipinski definition) is 4. The molecular formula is C18H21FN2O3S. The fraction of sp³-hybridized carbons (Fsp3) is 0.333. The first-order valence-electron chi connectivity index (χ1n) is 8.21. The topological polar surface area (TPSA) is 58.6 Å². The lowest BCUT2D eigenvalue weighted by atomic mass is 10.2. The molecule has 1 saturated heterocycles. The molecule has 3 rings (SSSR count). The van der Waals surface area contributed by atoms with Gasteiger partial charge >= 0.3 is 0 Å². The van der Waals surface area contributed by atoms with Crippen LogP contribution in [0.4, 0.5) is 15.8 Å². The Morgan fingerprint density at radius 2 is 1.72 bits per heavy atom. The van der Waals surface area contributed by atoms with Crippen molar-refractivity contribution in [1.82, 2.24) is 0 Å². The number of morpholine rings is 1. The molecule has 5 nitrogen and oxygen atoms in total. The summed E-state index contributed by atoms with van der Waals surface area (Å²) in [6.07, 6.45) is 0.127. The molecule has 2 aromatic carbocycles. The molecule has 2 aromatic rings. The number of nitrogens with one attached hydrogen (secondary N) is 1. The Kier molecular flexibility index (Phi) is 5.55. The number of hydrogen-bond donors (Lipinski definition) is 1. The number of sulfonamides is 1. The average molecular weight is 364 g/mol. The van der Waals surface area contributed by atoms with E-state index in [1.807, 2.05) is 12.1 Å². The number of nitrogens with zero attached hydrogens (tertiary/aromatic N) is 1. The van der Waals surface area contributed by atoms with Crippen molar-refractivity contribution in [1.29, 1.82) is 0 Å². The van der Waals surface area contributed by atoms with Crippen molar-refractivity contribution in [2.75, 3.05) is 41.7 Å². The van der Waals surface area contributed by atoms with Gasteiger partial charge in [-0.2, -0.15) is 0 Å². The number of para-hydroxylation sites is 2. The van der Waals surface area contributed by atoms with Gasteiger partial charge in [0.25, 0.3) is 0 Å². The summed E-state index contributed by atoms with van der Waals surface area (Å²) in [7, 11) is -3.59. The maximum absolute atomic E-state index is 13.7. The lowest BCUT2D eigenvalue weighted by Gasteiger charge is -2.30. The van der Waals surface area contributed by atoms with E-state index in [-0.39, 0.29) is 18.0 Å². The number of aryl methyl sites for hydroxylation is 1. The first-order chi connectivity index (χ1) is 12.1. The van der Waals surface area contributed by atoms with Crippen molar-refractivity contribution in [3.8, 4) is 0 Å². The van der Waals surface area contributed by atoms with Crippen LogP contribution < -0.4 is 9.62 Å². The van der Waals surface area contributed by atoms with Gasteiger partial charge in [-0.3, -0.25) is 4.72 Å². The smallest absolute Gasteiger partial charge is 0.233 e. The molecule has 0 spiro atoms. The molecule has 1 fully saturated rings. The Morgan fingerprint density at radius 1 is 1.04 bits per heavy atom. The molecule has 0 bridgehead atoms. The highest BCUT2D eigenvalue weighted by Crippen LogP contribution is 2.27. The Hall–Kier alpha value is -2.12. The van der Waals surface area contributed by atoms with Crippen LogP contribution >= 0.6 is 0 Å². The second-order valence-corrected chi connectivity index (χ2v) is 7.72. The van der Waals surface area contributed by atoms with Gasteiger partial charge in [-0.05, 0) is 30.2 Å². The molecule has 1 N–H and O–H groups in total. The fourth-order valence-corrected chi connectivity index (χ4v) is 3.90. The van der Waals surface area contributed by atoms with E-state index >= 15 is 0 Å². The van der Waals surface area contributed by atoms with Crippen LogP contribution in [0.5, 0.6) is 0 Å². The van der Waals surface area contributed by atoms with Crippen molar-refractivity contribution in [3.05, 3.63) is 59.9 Å². The van der Waals surface area contributed by atoms with E-state index in [1.54, 1.807) is 30.3 Å². The summed E-state index contributed by atoms with van der Waals surface area (Å²) < 4.78 is 46.5. The molecule has 1 heterocycles. The van der Waals surface area contributed by atoms with Crippen LogP contribution in [0.1, 0.15) is 5.56 Å². The van der Waals surface area contributed by atoms with Crippen molar-refractivity contribution < 1.29 is 17.5 Å². The molecule has 134 valence electrons. The molecule has 0 aromatic heterocycles. The molecule has 0 amide bonds. The number of benzene rings is 2. The standard InChI is InChI=1S/C18H21FN2O3S/c19-16-6-2-1-5-15(16)9-14-25(22,23)20-17-7-3-4-8-18(17)21-10-12-24-13-11-21/h1-8,20H,9-14H2. The van der Waals surface area contributed by atoms with Gasteiger partial charge in [0.05, 0.1) is 30.3 Å².